The Labute approximate surface area is 156 Å². The predicted molar refractivity (Wildman–Crippen MR) is 96.8 cm³/mol. The molecule has 4 nitrogen and oxygen atoms in total. The van der Waals surface area contributed by atoms with E-state index in [1.165, 1.54) is 31.4 Å². The number of hydrogen-bond acceptors (Lipinski definition) is 4. The Kier molecular flexibility index (Phi) is 6.44. The highest BCUT2D eigenvalue weighted by atomic mass is 19.4. The summed E-state index contributed by atoms with van der Waals surface area (Å²) in [6.07, 6.45) is 3.16. The molecule has 1 saturated carbocycles. The number of rotatable bonds is 6. The van der Waals surface area contributed by atoms with Crippen LogP contribution in [0.5, 0.6) is 0 Å². The molecule has 1 heterocycles. The molecule has 1 atom stereocenters. The fourth-order valence-corrected chi connectivity index (χ4v) is 3.59. The molecule has 2 N–H and O–H groups in total. The van der Waals surface area contributed by atoms with Crippen LogP contribution in [0.4, 0.5) is 13.2 Å². The van der Waals surface area contributed by atoms with Crippen LogP contribution in [-0.2, 0) is 12.7 Å². The maximum atomic E-state index is 12.7. The Morgan fingerprint density at radius 2 is 1.78 bits per heavy atom. The summed E-state index contributed by atoms with van der Waals surface area (Å²) in [6.45, 7) is 0.569. The quantitative estimate of drug-likeness (QED) is 0.790. The number of aliphatic hydroxyl groups excluding tert-OH is 1. The number of alkyl halides is 3. The van der Waals surface area contributed by atoms with Gasteiger partial charge in [0.1, 0.15) is 0 Å². The van der Waals surface area contributed by atoms with Gasteiger partial charge in [0.05, 0.1) is 17.9 Å². The van der Waals surface area contributed by atoms with Crippen molar-refractivity contribution in [1.82, 2.24) is 15.3 Å². The maximum absolute atomic E-state index is 12.7. The van der Waals surface area contributed by atoms with E-state index in [0.29, 0.717) is 23.9 Å². The zero-order valence-electron chi connectivity index (χ0n) is 15.0. The van der Waals surface area contributed by atoms with Gasteiger partial charge in [0.2, 0.25) is 0 Å². The molecule has 1 aliphatic rings. The van der Waals surface area contributed by atoms with Crippen molar-refractivity contribution in [2.24, 2.45) is 5.92 Å². The van der Waals surface area contributed by atoms with Gasteiger partial charge in [-0.05, 0) is 37.0 Å². The summed E-state index contributed by atoms with van der Waals surface area (Å²) >= 11 is 0. The second-order valence-electron chi connectivity index (χ2n) is 7.01. The molecule has 0 aliphatic heterocycles. The summed E-state index contributed by atoms with van der Waals surface area (Å²) in [6, 6.07) is 6.65. The Hall–Kier alpha value is -1.99. The SMILES string of the molecule is OC[C@H](NCc1ccnc(-c2ccc(C(F)(F)F)cc2)n1)C1CCCCC1. The molecule has 1 aromatic heterocycles. The summed E-state index contributed by atoms with van der Waals surface area (Å²) in [7, 11) is 0. The van der Waals surface area contributed by atoms with Crippen LogP contribution in [0.2, 0.25) is 0 Å². The highest BCUT2D eigenvalue weighted by Gasteiger charge is 2.30. The molecule has 1 fully saturated rings. The Balaban J connectivity index is 1.66. The van der Waals surface area contributed by atoms with Crippen LogP contribution in [0.3, 0.4) is 0 Å². The van der Waals surface area contributed by atoms with Gasteiger partial charge in [-0.25, -0.2) is 9.97 Å². The number of hydrogen-bond donors (Lipinski definition) is 2. The van der Waals surface area contributed by atoms with E-state index in [-0.39, 0.29) is 12.6 Å². The third-order valence-corrected chi connectivity index (χ3v) is 5.14. The minimum atomic E-state index is -4.36. The molecule has 2 aromatic rings. The lowest BCUT2D eigenvalue weighted by molar-refractivity contribution is -0.137. The molecule has 0 bridgehead atoms. The van der Waals surface area contributed by atoms with Crippen LogP contribution < -0.4 is 5.32 Å². The minimum absolute atomic E-state index is 0.0368. The van der Waals surface area contributed by atoms with Crippen molar-refractivity contribution in [3.05, 3.63) is 47.8 Å². The number of aliphatic hydroxyl groups is 1. The van der Waals surface area contributed by atoms with Crippen molar-refractivity contribution in [3.63, 3.8) is 0 Å². The summed E-state index contributed by atoms with van der Waals surface area (Å²) in [5.74, 6) is 0.862. The van der Waals surface area contributed by atoms with E-state index in [0.717, 1.165) is 30.7 Å². The third kappa shape index (κ3) is 5.26. The number of nitrogens with zero attached hydrogens (tertiary/aromatic N) is 2. The van der Waals surface area contributed by atoms with E-state index < -0.39 is 11.7 Å². The number of benzene rings is 1. The normalized spacial score (nSPS) is 17.0. The Morgan fingerprint density at radius 1 is 1.07 bits per heavy atom. The van der Waals surface area contributed by atoms with Crippen LogP contribution in [0.25, 0.3) is 11.4 Å². The largest absolute Gasteiger partial charge is 0.416 e. The Morgan fingerprint density at radius 3 is 2.41 bits per heavy atom. The van der Waals surface area contributed by atoms with Gasteiger partial charge in [0, 0.05) is 24.3 Å². The average molecular weight is 379 g/mol. The van der Waals surface area contributed by atoms with Crippen molar-refractivity contribution >= 4 is 0 Å². The first kappa shape index (κ1) is 19.8. The van der Waals surface area contributed by atoms with Crippen molar-refractivity contribution in [1.29, 1.82) is 0 Å². The first-order chi connectivity index (χ1) is 13.0. The first-order valence-electron chi connectivity index (χ1n) is 9.31. The fourth-order valence-electron chi connectivity index (χ4n) is 3.59. The highest BCUT2D eigenvalue weighted by molar-refractivity contribution is 5.55. The number of aromatic nitrogens is 2. The third-order valence-electron chi connectivity index (χ3n) is 5.14. The maximum Gasteiger partial charge on any atom is 0.416 e. The van der Waals surface area contributed by atoms with Gasteiger partial charge in [-0.1, -0.05) is 31.4 Å². The Bertz CT molecular complexity index is 728. The molecular weight excluding hydrogens is 355 g/mol. The van der Waals surface area contributed by atoms with E-state index in [1.807, 2.05) is 0 Å². The zero-order valence-corrected chi connectivity index (χ0v) is 15.0. The standard InChI is InChI=1S/C20H24F3N3O/c21-20(22,23)16-8-6-15(7-9-16)19-24-11-10-17(26-19)12-25-18(13-27)14-4-2-1-3-5-14/h6-11,14,18,25,27H,1-5,12-13H2/t18-/m0/s1. The number of halogens is 3. The first-order valence-corrected chi connectivity index (χ1v) is 9.31. The highest BCUT2D eigenvalue weighted by Crippen LogP contribution is 2.30. The van der Waals surface area contributed by atoms with E-state index in [9.17, 15) is 18.3 Å². The molecule has 0 saturated heterocycles. The van der Waals surface area contributed by atoms with Crippen molar-refractivity contribution < 1.29 is 18.3 Å². The summed E-state index contributed by atoms with van der Waals surface area (Å²) < 4.78 is 38.1. The van der Waals surface area contributed by atoms with Crippen molar-refractivity contribution in [2.45, 2.75) is 50.9 Å². The molecule has 1 aliphatic carbocycles. The summed E-state index contributed by atoms with van der Waals surface area (Å²) in [5.41, 5.74) is 0.590. The molecule has 0 unspecified atom stereocenters. The molecule has 0 spiro atoms. The van der Waals surface area contributed by atoms with E-state index >= 15 is 0 Å². The van der Waals surface area contributed by atoms with Crippen LogP contribution in [0, 0.1) is 5.92 Å². The second-order valence-corrected chi connectivity index (χ2v) is 7.01. The van der Waals surface area contributed by atoms with Crippen molar-refractivity contribution in [3.8, 4) is 11.4 Å². The molecule has 0 amide bonds. The van der Waals surface area contributed by atoms with Gasteiger partial charge in [0.15, 0.2) is 5.82 Å². The number of nitrogens with one attached hydrogen (secondary N) is 1. The van der Waals surface area contributed by atoms with Gasteiger partial charge in [-0.2, -0.15) is 13.2 Å². The van der Waals surface area contributed by atoms with Crippen molar-refractivity contribution in [2.75, 3.05) is 6.61 Å². The average Bonchev–Trinajstić information content (AvgIpc) is 2.69. The molecule has 3 rings (SSSR count). The van der Waals surface area contributed by atoms with E-state index in [2.05, 4.69) is 15.3 Å². The van der Waals surface area contributed by atoms with E-state index in [1.54, 1.807) is 12.3 Å². The minimum Gasteiger partial charge on any atom is -0.395 e. The fraction of sp³-hybridized carbons (Fsp3) is 0.500. The van der Waals surface area contributed by atoms with Gasteiger partial charge >= 0.3 is 6.18 Å². The lowest BCUT2D eigenvalue weighted by Gasteiger charge is -2.29. The van der Waals surface area contributed by atoms with Crippen LogP contribution >= 0.6 is 0 Å². The van der Waals surface area contributed by atoms with Gasteiger partial charge in [-0.3, -0.25) is 0 Å². The van der Waals surface area contributed by atoms with E-state index in [4.69, 9.17) is 0 Å². The molecule has 7 heteroatoms. The van der Waals surface area contributed by atoms with Gasteiger partial charge in [-0.15, -0.1) is 0 Å². The smallest absolute Gasteiger partial charge is 0.395 e. The summed E-state index contributed by atoms with van der Waals surface area (Å²) in [4.78, 5) is 8.62. The second kappa shape index (κ2) is 8.80. The lowest BCUT2D eigenvalue weighted by Crippen LogP contribution is -2.40. The predicted octanol–water partition coefficient (Wildman–Crippen LogP) is 4.19. The molecule has 0 radical (unpaired) electrons. The van der Waals surface area contributed by atoms with Crippen LogP contribution in [0.15, 0.2) is 36.5 Å². The van der Waals surface area contributed by atoms with Gasteiger partial charge in [0.25, 0.3) is 0 Å². The topological polar surface area (TPSA) is 58.0 Å². The zero-order chi connectivity index (χ0) is 19.3. The monoisotopic (exact) mass is 379 g/mol. The van der Waals surface area contributed by atoms with Gasteiger partial charge < -0.3 is 10.4 Å². The molecule has 146 valence electrons. The summed E-state index contributed by atoms with van der Waals surface area (Å²) in [5, 5.41) is 13.1. The molecule has 27 heavy (non-hydrogen) atoms. The van der Waals surface area contributed by atoms with Crippen LogP contribution in [0.1, 0.15) is 43.4 Å². The molecular formula is C20H24F3N3O. The molecule has 1 aromatic carbocycles. The lowest BCUT2D eigenvalue weighted by atomic mass is 9.84. The van der Waals surface area contributed by atoms with Crippen LogP contribution in [-0.4, -0.2) is 27.7 Å².